The second kappa shape index (κ2) is 12.2. The van der Waals surface area contributed by atoms with Crippen LogP contribution in [0.3, 0.4) is 0 Å². The third kappa shape index (κ3) is 6.83. The molecule has 0 bridgehead atoms. The van der Waals surface area contributed by atoms with E-state index in [1.807, 2.05) is 42.5 Å². The molecular weight excluding hydrogens is 468 g/mol. The highest BCUT2D eigenvalue weighted by molar-refractivity contribution is 7.80. The fourth-order valence-electron chi connectivity index (χ4n) is 4.06. The summed E-state index contributed by atoms with van der Waals surface area (Å²) >= 11 is 5.43. The summed E-state index contributed by atoms with van der Waals surface area (Å²) in [4.78, 5) is 11.1. The van der Waals surface area contributed by atoms with Gasteiger partial charge in [0.1, 0.15) is 12.4 Å². The van der Waals surface area contributed by atoms with Crippen LogP contribution in [-0.2, 0) is 17.6 Å². The molecule has 0 spiro atoms. The van der Waals surface area contributed by atoms with Gasteiger partial charge in [-0.25, -0.2) is 0 Å². The van der Waals surface area contributed by atoms with E-state index in [1.54, 1.807) is 0 Å². The van der Waals surface area contributed by atoms with E-state index in [0.717, 1.165) is 39.9 Å². The highest BCUT2D eigenvalue weighted by Gasteiger charge is 2.10. The lowest BCUT2D eigenvalue weighted by molar-refractivity contribution is -0.136. The number of carbonyl (C=O) groups is 1. The molecule has 0 radical (unpaired) electrons. The molecule has 0 saturated heterocycles. The molecule has 0 atom stereocenters. The van der Waals surface area contributed by atoms with Crippen LogP contribution in [0.1, 0.15) is 24.5 Å². The van der Waals surface area contributed by atoms with E-state index < -0.39 is 5.97 Å². The lowest BCUT2D eigenvalue weighted by Crippen LogP contribution is -2.32. The second-order valence-electron chi connectivity index (χ2n) is 8.57. The van der Waals surface area contributed by atoms with E-state index in [9.17, 15) is 4.79 Å². The van der Waals surface area contributed by atoms with Crippen LogP contribution in [0, 0.1) is 0 Å². The Labute approximate surface area is 217 Å². The molecule has 6 heteroatoms. The van der Waals surface area contributed by atoms with Crippen molar-refractivity contribution < 1.29 is 14.6 Å². The number of aliphatic carboxylic acids is 1. The third-order valence-electron chi connectivity index (χ3n) is 5.97. The first-order chi connectivity index (χ1) is 17.5. The molecule has 0 aliphatic carbocycles. The zero-order chi connectivity index (χ0) is 25.3. The van der Waals surface area contributed by atoms with Crippen molar-refractivity contribution in [3.05, 3.63) is 96.1 Å². The molecule has 0 aliphatic rings. The van der Waals surface area contributed by atoms with Crippen LogP contribution in [0.15, 0.2) is 84.9 Å². The van der Waals surface area contributed by atoms with Crippen molar-refractivity contribution in [1.82, 2.24) is 5.32 Å². The number of thiocarbonyl (C=S) groups is 1. The number of anilines is 1. The molecule has 0 unspecified atom stereocenters. The van der Waals surface area contributed by atoms with Crippen LogP contribution in [0.2, 0.25) is 0 Å². The predicted molar refractivity (Wildman–Crippen MR) is 151 cm³/mol. The monoisotopic (exact) mass is 498 g/mol. The number of carboxylic acids is 1. The zero-order valence-corrected chi connectivity index (χ0v) is 21.1. The summed E-state index contributed by atoms with van der Waals surface area (Å²) in [6, 6.07) is 28.6. The van der Waals surface area contributed by atoms with Crippen LogP contribution < -0.4 is 15.4 Å². The lowest BCUT2D eigenvalue weighted by Gasteiger charge is -2.15. The van der Waals surface area contributed by atoms with E-state index in [2.05, 4.69) is 60.0 Å². The van der Waals surface area contributed by atoms with E-state index in [0.29, 0.717) is 24.7 Å². The maximum absolute atomic E-state index is 11.1. The number of nitrogens with one attached hydrogen (secondary N) is 2. The van der Waals surface area contributed by atoms with Crippen LogP contribution in [0.4, 0.5) is 5.69 Å². The van der Waals surface area contributed by atoms with Crippen LogP contribution in [0.25, 0.3) is 21.9 Å². The summed E-state index contributed by atoms with van der Waals surface area (Å²) in [5, 5.41) is 18.4. The highest BCUT2D eigenvalue weighted by atomic mass is 32.1. The van der Waals surface area contributed by atoms with Crippen molar-refractivity contribution in [3.63, 3.8) is 0 Å². The van der Waals surface area contributed by atoms with Gasteiger partial charge in [0.05, 0.1) is 6.54 Å². The van der Waals surface area contributed by atoms with Crippen LogP contribution >= 0.6 is 12.2 Å². The first-order valence-electron chi connectivity index (χ1n) is 12.1. The second-order valence-corrected chi connectivity index (χ2v) is 8.98. The Bertz CT molecular complexity index is 1370. The third-order valence-corrected chi connectivity index (χ3v) is 6.22. The summed E-state index contributed by atoms with van der Waals surface area (Å²) in [7, 11) is 0. The van der Waals surface area contributed by atoms with Crippen LogP contribution in [0.5, 0.6) is 5.75 Å². The zero-order valence-electron chi connectivity index (χ0n) is 20.3. The van der Waals surface area contributed by atoms with Crippen molar-refractivity contribution in [1.29, 1.82) is 0 Å². The van der Waals surface area contributed by atoms with Gasteiger partial charge in [-0.05, 0) is 82.9 Å². The topological polar surface area (TPSA) is 70.6 Å². The fourth-order valence-corrected chi connectivity index (χ4v) is 4.28. The Kier molecular flexibility index (Phi) is 8.53. The minimum atomic E-state index is -0.806. The highest BCUT2D eigenvalue weighted by Crippen LogP contribution is 2.33. The Morgan fingerprint density at radius 2 is 1.75 bits per heavy atom. The molecule has 4 aromatic carbocycles. The number of carboxylic acid groups (broad SMARTS) is 1. The standard InChI is InChI=1S/C30H30N2O3S/c1-2-21-6-5-9-26(18-21)32-30(36)31-16-17-35-28-14-10-22(11-15-29(33)34)19-27(28)25-13-12-23-7-3-4-8-24(23)20-25/h3-10,12-14,18-20H,2,11,15-17H2,1H3,(H,33,34)(H2,31,32,36). The Morgan fingerprint density at radius 1 is 0.917 bits per heavy atom. The summed E-state index contributed by atoms with van der Waals surface area (Å²) in [5.41, 5.74) is 5.15. The van der Waals surface area contributed by atoms with Crippen LogP contribution in [-0.4, -0.2) is 29.3 Å². The smallest absolute Gasteiger partial charge is 0.303 e. The molecule has 0 fully saturated rings. The van der Waals surface area contributed by atoms with E-state index in [4.69, 9.17) is 22.1 Å². The maximum atomic E-state index is 11.1. The quantitative estimate of drug-likeness (QED) is 0.172. The Morgan fingerprint density at radius 3 is 2.56 bits per heavy atom. The number of benzene rings is 4. The molecule has 0 heterocycles. The van der Waals surface area contributed by atoms with Gasteiger partial charge in [-0.3, -0.25) is 4.79 Å². The molecule has 36 heavy (non-hydrogen) atoms. The SMILES string of the molecule is CCc1cccc(NC(=S)NCCOc2ccc(CCC(=O)O)cc2-c2ccc3ccccc3c2)c1. The first-order valence-corrected chi connectivity index (χ1v) is 12.5. The predicted octanol–water partition coefficient (Wildman–Crippen LogP) is 6.45. The molecule has 5 nitrogen and oxygen atoms in total. The molecule has 0 amide bonds. The Balaban J connectivity index is 1.44. The molecule has 0 saturated carbocycles. The summed E-state index contributed by atoms with van der Waals surface area (Å²) in [5.74, 6) is -0.0552. The molecule has 0 aliphatic heterocycles. The molecule has 4 aromatic rings. The van der Waals surface area contributed by atoms with Gasteiger partial charge in [-0.15, -0.1) is 0 Å². The van der Waals surface area contributed by atoms with Gasteiger partial charge in [0.2, 0.25) is 0 Å². The van der Waals surface area contributed by atoms with Gasteiger partial charge in [-0.2, -0.15) is 0 Å². The van der Waals surface area contributed by atoms with Crippen molar-refractivity contribution in [2.45, 2.75) is 26.2 Å². The molecular formula is C30H30N2O3S. The number of rotatable bonds is 10. The largest absolute Gasteiger partial charge is 0.491 e. The van der Waals surface area contributed by atoms with Gasteiger partial charge in [0.25, 0.3) is 0 Å². The first kappa shape index (κ1) is 25.2. The van der Waals surface area contributed by atoms with Gasteiger partial charge in [0, 0.05) is 17.7 Å². The van der Waals surface area contributed by atoms with Gasteiger partial charge >= 0.3 is 5.97 Å². The van der Waals surface area contributed by atoms with Crippen molar-refractivity contribution in [3.8, 4) is 16.9 Å². The molecule has 0 aromatic heterocycles. The number of hydrogen-bond acceptors (Lipinski definition) is 3. The lowest BCUT2D eigenvalue weighted by atomic mass is 9.97. The van der Waals surface area contributed by atoms with Gasteiger partial charge < -0.3 is 20.5 Å². The van der Waals surface area contributed by atoms with Gasteiger partial charge in [0.15, 0.2) is 5.11 Å². The summed E-state index contributed by atoms with van der Waals surface area (Å²) < 4.78 is 6.16. The van der Waals surface area contributed by atoms with Crippen molar-refractivity contribution in [2.75, 3.05) is 18.5 Å². The average Bonchev–Trinajstić information content (AvgIpc) is 2.90. The number of ether oxygens (including phenoxy) is 1. The summed E-state index contributed by atoms with van der Waals surface area (Å²) in [6.45, 7) is 3.08. The number of hydrogen-bond donors (Lipinski definition) is 3. The molecule has 3 N–H and O–H groups in total. The minimum absolute atomic E-state index is 0.0902. The normalized spacial score (nSPS) is 10.7. The minimum Gasteiger partial charge on any atom is -0.491 e. The van der Waals surface area contributed by atoms with Crippen molar-refractivity contribution >= 4 is 39.8 Å². The molecule has 4 rings (SSSR count). The number of aryl methyl sites for hydroxylation is 2. The molecule has 184 valence electrons. The fraction of sp³-hybridized carbons (Fsp3) is 0.200. The van der Waals surface area contributed by atoms with E-state index >= 15 is 0 Å². The Hall–Kier alpha value is -3.90. The average molecular weight is 499 g/mol. The van der Waals surface area contributed by atoms with Crippen molar-refractivity contribution in [2.24, 2.45) is 0 Å². The van der Waals surface area contributed by atoms with Gasteiger partial charge in [-0.1, -0.05) is 61.5 Å². The number of fused-ring (bicyclic) bond motifs is 1. The van der Waals surface area contributed by atoms with E-state index in [1.165, 1.54) is 10.9 Å². The summed E-state index contributed by atoms with van der Waals surface area (Å²) in [6.07, 6.45) is 1.53. The van der Waals surface area contributed by atoms with E-state index in [-0.39, 0.29) is 6.42 Å². The maximum Gasteiger partial charge on any atom is 0.303 e.